The fourth-order valence-electron chi connectivity index (χ4n) is 4.34. The van der Waals surface area contributed by atoms with Crippen molar-refractivity contribution in [3.63, 3.8) is 0 Å². The molecule has 7 nitrogen and oxygen atoms in total. The highest BCUT2D eigenvalue weighted by Crippen LogP contribution is 2.39. The van der Waals surface area contributed by atoms with Crippen LogP contribution in [-0.2, 0) is 13.0 Å². The minimum absolute atomic E-state index is 0.325. The zero-order valence-corrected chi connectivity index (χ0v) is 17.5. The number of aryl methyl sites for hydroxylation is 2. The highest BCUT2D eigenvalue weighted by atomic mass is 16.5. The van der Waals surface area contributed by atoms with Crippen molar-refractivity contribution in [3.8, 4) is 22.8 Å². The van der Waals surface area contributed by atoms with Gasteiger partial charge in [0.05, 0.1) is 31.8 Å². The monoisotopic (exact) mass is 396 g/mol. The van der Waals surface area contributed by atoms with Crippen LogP contribution in [-0.4, -0.2) is 41.0 Å². The van der Waals surface area contributed by atoms with E-state index in [9.17, 15) is 0 Å². The van der Waals surface area contributed by atoms with Gasteiger partial charge in [0.2, 0.25) is 0 Å². The highest BCUT2D eigenvalue weighted by Gasteiger charge is 2.32. The molecule has 0 radical (unpaired) electrons. The number of nitrogens with zero attached hydrogens (tertiary/aromatic N) is 3. The molecule has 4 rings (SSSR count). The number of ether oxygens (including phenoxy) is 2. The number of H-pyrrole nitrogens is 1. The van der Waals surface area contributed by atoms with Crippen molar-refractivity contribution in [1.29, 1.82) is 0 Å². The van der Waals surface area contributed by atoms with Crippen LogP contribution in [0.5, 0.6) is 11.5 Å². The molecule has 0 aliphatic carbocycles. The Hall–Kier alpha value is -2.80. The summed E-state index contributed by atoms with van der Waals surface area (Å²) >= 11 is 0. The number of hydrogen-bond acceptors (Lipinski definition) is 6. The summed E-state index contributed by atoms with van der Waals surface area (Å²) in [5.74, 6) is 2.58. The summed E-state index contributed by atoms with van der Waals surface area (Å²) in [6, 6.07) is 6.13. The van der Waals surface area contributed by atoms with Crippen molar-refractivity contribution < 1.29 is 14.0 Å². The molecule has 0 saturated carbocycles. The summed E-state index contributed by atoms with van der Waals surface area (Å²) in [6.07, 6.45) is 5.04. The van der Waals surface area contributed by atoms with Gasteiger partial charge >= 0.3 is 0 Å². The van der Waals surface area contributed by atoms with Crippen LogP contribution in [0.4, 0.5) is 0 Å². The van der Waals surface area contributed by atoms with Crippen molar-refractivity contribution in [2.45, 2.75) is 45.7 Å². The lowest BCUT2D eigenvalue weighted by Gasteiger charge is -2.25. The maximum atomic E-state index is 5.58. The molecule has 2 aromatic heterocycles. The van der Waals surface area contributed by atoms with E-state index in [1.54, 1.807) is 14.2 Å². The Morgan fingerprint density at radius 3 is 2.90 bits per heavy atom. The molecular formula is C22H28N4O3. The van der Waals surface area contributed by atoms with Gasteiger partial charge < -0.3 is 14.0 Å². The smallest absolute Gasteiger partial charge is 0.141 e. The summed E-state index contributed by atoms with van der Waals surface area (Å²) in [7, 11) is 3.35. The summed E-state index contributed by atoms with van der Waals surface area (Å²) in [5, 5.41) is 11.7. The molecule has 1 aromatic carbocycles. The predicted molar refractivity (Wildman–Crippen MR) is 110 cm³/mol. The van der Waals surface area contributed by atoms with Crippen LogP contribution >= 0.6 is 0 Å². The Morgan fingerprint density at radius 2 is 2.14 bits per heavy atom. The highest BCUT2D eigenvalue weighted by molar-refractivity contribution is 5.71. The van der Waals surface area contributed by atoms with E-state index in [1.807, 2.05) is 31.3 Å². The molecule has 1 aliphatic heterocycles. The van der Waals surface area contributed by atoms with Crippen LogP contribution in [0.3, 0.4) is 0 Å². The lowest BCUT2D eigenvalue weighted by Crippen LogP contribution is -2.23. The fraction of sp³-hybridized carbons (Fsp3) is 0.455. The van der Waals surface area contributed by atoms with Crippen molar-refractivity contribution in [1.82, 2.24) is 20.3 Å². The molecule has 7 heteroatoms. The van der Waals surface area contributed by atoms with Crippen molar-refractivity contribution >= 4 is 0 Å². The molecule has 1 atom stereocenters. The quantitative estimate of drug-likeness (QED) is 0.642. The van der Waals surface area contributed by atoms with E-state index in [2.05, 4.69) is 27.2 Å². The van der Waals surface area contributed by atoms with E-state index in [0.717, 1.165) is 72.1 Å². The van der Waals surface area contributed by atoms with Crippen molar-refractivity contribution in [2.24, 2.45) is 0 Å². The Bertz CT molecular complexity index is 978. The minimum atomic E-state index is 0.325. The first-order chi connectivity index (χ1) is 14.2. The molecule has 1 unspecified atom stereocenters. The van der Waals surface area contributed by atoms with Crippen molar-refractivity contribution in [2.75, 3.05) is 20.8 Å². The summed E-state index contributed by atoms with van der Waals surface area (Å²) < 4.78 is 16.6. The van der Waals surface area contributed by atoms with Gasteiger partial charge in [0.1, 0.15) is 17.3 Å². The van der Waals surface area contributed by atoms with Crippen molar-refractivity contribution in [3.05, 3.63) is 47.0 Å². The average Bonchev–Trinajstić information content (AvgIpc) is 3.47. The number of aromatic amines is 1. The van der Waals surface area contributed by atoms with E-state index < -0.39 is 0 Å². The predicted octanol–water partition coefficient (Wildman–Crippen LogP) is 4.29. The van der Waals surface area contributed by atoms with Crippen LogP contribution in [0.25, 0.3) is 11.3 Å². The van der Waals surface area contributed by atoms with E-state index in [0.29, 0.717) is 6.04 Å². The second-order valence-corrected chi connectivity index (χ2v) is 7.42. The second kappa shape index (κ2) is 8.29. The van der Waals surface area contributed by atoms with Gasteiger partial charge in [0.15, 0.2) is 0 Å². The Labute approximate surface area is 171 Å². The Kier molecular flexibility index (Phi) is 5.58. The third-order valence-electron chi connectivity index (χ3n) is 5.77. The number of rotatable bonds is 7. The van der Waals surface area contributed by atoms with Gasteiger partial charge in [-0.3, -0.25) is 10.00 Å². The molecule has 0 amide bonds. The number of aromatic nitrogens is 3. The zero-order chi connectivity index (χ0) is 20.4. The number of hydrogen-bond donors (Lipinski definition) is 1. The Balaban J connectivity index is 1.65. The van der Waals surface area contributed by atoms with E-state index >= 15 is 0 Å². The maximum absolute atomic E-state index is 5.58. The first-order valence-electron chi connectivity index (χ1n) is 10.1. The number of likely N-dealkylation sites (tertiary alicyclic amines) is 1. The molecule has 3 heterocycles. The molecule has 1 N–H and O–H groups in total. The van der Waals surface area contributed by atoms with Crippen LogP contribution in [0, 0.1) is 6.92 Å². The Morgan fingerprint density at radius 1 is 1.28 bits per heavy atom. The van der Waals surface area contributed by atoms with Crippen LogP contribution in [0.15, 0.2) is 28.9 Å². The van der Waals surface area contributed by atoms with Gasteiger partial charge in [-0.25, -0.2) is 0 Å². The maximum Gasteiger partial charge on any atom is 0.141 e. The van der Waals surface area contributed by atoms with Gasteiger partial charge in [-0.15, -0.1) is 0 Å². The summed E-state index contributed by atoms with van der Waals surface area (Å²) in [5.41, 5.74) is 5.31. The third kappa shape index (κ3) is 3.62. The van der Waals surface area contributed by atoms with E-state index in [4.69, 9.17) is 14.0 Å². The normalized spacial score (nSPS) is 17.0. The minimum Gasteiger partial charge on any atom is -0.497 e. The van der Waals surface area contributed by atoms with Gasteiger partial charge in [-0.2, -0.15) is 5.10 Å². The first-order valence-corrected chi connectivity index (χ1v) is 10.1. The topological polar surface area (TPSA) is 76.4 Å². The van der Waals surface area contributed by atoms with Gasteiger partial charge in [0.25, 0.3) is 0 Å². The summed E-state index contributed by atoms with van der Waals surface area (Å²) in [4.78, 5) is 2.50. The average molecular weight is 396 g/mol. The van der Waals surface area contributed by atoms with Crippen LogP contribution < -0.4 is 9.47 Å². The van der Waals surface area contributed by atoms with E-state index in [1.165, 1.54) is 5.56 Å². The van der Waals surface area contributed by atoms with Crippen LogP contribution in [0.2, 0.25) is 0 Å². The number of benzene rings is 1. The van der Waals surface area contributed by atoms with Crippen LogP contribution in [0.1, 0.15) is 48.4 Å². The largest absolute Gasteiger partial charge is 0.497 e. The molecule has 29 heavy (non-hydrogen) atoms. The van der Waals surface area contributed by atoms with E-state index in [-0.39, 0.29) is 0 Å². The molecule has 1 aliphatic rings. The zero-order valence-electron chi connectivity index (χ0n) is 17.5. The summed E-state index contributed by atoms with van der Waals surface area (Å²) in [6.45, 7) is 5.99. The molecule has 0 bridgehead atoms. The molecule has 0 spiro atoms. The second-order valence-electron chi connectivity index (χ2n) is 7.42. The lowest BCUT2D eigenvalue weighted by atomic mass is 10.0. The van der Waals surface area contributed by atoms with Gasteiger partial charge in [0, 0.05) is 35.7 Å². The molecule has 3 aromatic rings. The number of methoxy groups -OCH3 is 2. The SMILES string of the molecule is CCc1onc(C)c1C1CCCN1Cc1cn[nH]c1-c1cc(OC)ccc1OC. The molecule has 1 fully saturated rings. The third-order valence-corrected chi connectivity index (χ3v) is 5.77. The lowest BCUT2D eigenvalue weighted by molar-refractivity contribution is 0.245. The van der Waals surface area contributed by atoms with Gasteiger partial charge in [-0.05, 0) is 44.5 Å². The first kappa shape index (κ1) is 19.5. The van der Waals surface area contributed by atoms with Gasteiger partial charge in [-0.1, -0.05) is 12.1 Å². The standard InChI is InChI=1S/C22H28N4O3/c1-5-19-21(14(2)25-29-19)18-7-6-10-26(18)13-15-12-23-24-22(15)17-11-16(27-3)8-9-20(17)28-4/h8-9,11-12,18H,5-7,10,13H2,1-4H3,(H,23,24). The molecular weight excluding hydrogens is 368 g/mol. The molecule has 1 saturated heterocycles. The fourth-order valence-corrected chi connectivity index (χ4v) is 4.34. The molecule has 154 valence electrons. The number of nitrogens with one attached hydrogen (secondary N) is 1.